The third-order valence-corrected chi connectivity index (χ3v) is 10.4. The molecular weight excluding hydrogens is 447 g/mol. The van der Waals surface area contributed by atoms with Crippen molar-refractivity contribution < 1.29 is 0 Å². The van der Waals surface area contributed by atoms with E-state index in [0.717, 1.165) is 19.0 Å². The van der Waals surface area contributed by atoms with Crippen molar-refractivity contribution in [2.75, 3.05) is 6.16 Å². The Labute approximate surface area is 193 Å². The van der Waals surface area contributed by atoms with Gasteiger partial charge in [0.05, 0.1) is 0 Å². The molecular formula is C28H34BrP. The molecule has 3 rings (SSSR count). The van der Waals surface area contributed by atoms with Gasteiger partial charge in [0.25, 0.3) is 0 Å². The molecule has 0 saturated heterocycles. The van der Waals surface area contributed by atoms with Crippen LogP contribution in [0.4, 0.5) is 0 Å². The van der Waals surface area contributed by atoms with Gasteiger partial charge in [0, 0.05) is 0 Å². The fraction of sp³-hybridized carbons (Fsp3) is 0.214. The zero-order chi connectivity index (χ0) is 20.5. The second kappa shape index (κ2) is 12.0. The van der Waals surface area contributed by atoms with E-state index in [2.05, 4.69) is 124 Å². The van der Waals surface area contributed by atoms with Gasteiger partial charge in [0.15, 0.2) is 0 Å². The Morgan fingerprint density at radius 1 is 0.633 bits per heavy atom. The number of benzene rings is 3. The average molecular weight is 481 g/mol. The summed E-state index contributed by atoms with van der Waals surface area (Å²) in [5, 5.41) is 4.43. The molecule has 0 heterocycles. The van der Waals surface area contributed by atoms with Crippen molar-refractivity contribution in [3.63, 3.8) is 0 Å². The molecule has 0 bridgehead atoms. The number of hydrogen-bond acceptors (Lipinski definition) is 0. The van der Waals surface area contributed by atoms with Crippen LogP contribution in [0.2, 0.25) is 0 Å². The molecule has 158 valence electrons. The molecule has 0 nitrogen and oxygen atoms in total. The van der Waals surface area contributed by atoms with E-state index in [1.165, 1.54) is 27.1 Å². The fourth-order valence-electron chi connectivity index (χ4n) is 4.04. The summed E-state index contributed by atoms with van der Waals surface area (Å²) in [6.07, 6.45) is 8.20. The SMILES string of the molecule is Br.CC(C)=CCC/C(C)=C/C[PH](c1ccccc1)(c1ccccc1)c1ccccc1. The van der Waals surface area contributed by atoms with E-state index in [1.54, 1.807) is 0 Å². The molecule has 30 heavy (non-hydrogen) atoms. The Balaban J connectivity index is 0.00000320. The topological polar surface area (TPSA) is 0 Å². The molecule has 0 spiro atoms. The van der Waals surface area contributed by atoms with Gasteiger partial charge in [-0.3, -0.25) is 0 Å². The molecule has 0 aromatic heterocycles. The van der Waals surface area contributed by atoms with Crippen LogP contribution >= 0.6 is 24.2 Å². The molecule has 0 unspecified atom stereocenters. The molecule has 0 aliphatic carbocycles. The molecule has 0 saturated carbocycles. The van der Waals surface area contributed by atoms with Gasteiger partial charge in [-0.1, -0.05) is 0 Å². The monoisotopic (exact) mass is 480 g/mol. The number of allylic oxidation sites excluding steroid dienone is 4. The summed E-state index contributed by atoms with van der Waals surface area (Å²) in [5.41, 5.74) is 2.89. The van der Waals surface area contributed by atoms with Crippen LogP contribution < -0.4 is 15.9 Å². The van der Waals surface area contributed by atoms with Crippen molar-refractivity contribution in [2.45, 2.75) is 33.6 Å². The minimum atomic E-state index is -2.14. The minimum absolute atomic E-state index is 0. The molecule has 0 N–H and O–H groups in total. The first-order valence-electron chi connectivity index (χ1n) is 10.6. The summed E-state index contributed by atoms with van der Waals surface area (Å²) < 4.78 is 0. The summed E-state index contributed by atoms with van der Waals surface area (Å²) in [4.78, 5) is 0. The van der Waals surface area contributed by atoms with Crippen LogP contribution in [0.15, 0.2) is 114 Å². The standard InChI is InChI=1S/C28H33P.BrH/c1-24(2)14-13-15-25(3)22-23-29(26-16-7-4-8-17-26,27-18-9-5-10-19-27)28-20-11-6-12-21-28;/h4-12,14,16-22,29H,13,15,23H2,1-3H3;1H/b25-22+;. The molecule has 0 atom stereocenters. The zero-order valence-corrected chi connectivity index (χ0v) is 21.1. The predicted octanol–water partition coefficient (Wildman–Crippen LogP) is 6.98. The Kier molecular flexibility index (Phi) is 9.76. The van der Waals surface area contributed by atoms with Crippen LogP contribution in [0.1, 0.15) is 33.6 Å². The predicted molar refractivity (Wildman–Crippen MR) is 144 cm³/mol. The quantitative estimate of drug-likeness (QED) is 0.241. The van der Waals surface area contributed by atoms with E-state index >= 15 is 0 Å². The van der Waals surface area contributed by atoms with Crippen molar-refractivity contribution >= 4 is 40.2 Å². The molecule has 3 aromatic carbocycles. The van der Waals surface area contributed by atoms with E-state index in [1.807, 2.05) is 0 Å². The Morgan fingerprint density at radius 2 is 1.03 bits per heavy atom. The fourth-order valence-corrected chi connectivity index (χ4v) is 8.69. The van der Waals surface area contributed by atoms with Gasteiger partial charge in [-0.05, 0) is 0 Å². The molecule has 0 aliphatic heterocycles. The van der Waals surface area contributed by atoms with Crippen LogP contribution in [0.3, 0.4) is 0 Å². The van der Waals surface area contributed by atoms with E-state index in [4.69, 9.17) is 0 Å². The normalized spacial score (nSPS) is 12.0. The van der Waals surface area contributed by atoms with Gasteiger partial charge in [0.1, 0.15) is 0 Å². The number of rotatable bonds is 8. The van der Waals surface area contributed by atoms with E-state index in [0.29, 0.717) is 0 Å². The van der Waals surface area contributed by atoms with Crippen molar-refractivity contribution in [2.24, 2.45) is 0 Å². The first-order valence-corrected chi connectivity index (χ1v) is 12.8. The number of hydrogen-bond donors (Lipinski definition) is 0. The zero-order valence-electron chi connectivity index (χ0n) is 18.3. The van der Waals surface area contributed by atoms with Crippen LogP contribution in [0.25, 0.3) is 0 Å². The van der Waals surface area contributed by atoms with E-state index in [-0.39, 0.29) is 17.0 Å². The molecule has 2 heteroatoms. The van der Waals surface area contributed by atoms with Crippen LogP contribution in [0.5, 0.6) is 0 Å². The van der Waals surface area contributed by atoms with Crippen LogP contribution in [-0.4, -0.2) is 6.16 Å². The molecule has 0 radical (unpaired) electrons. The summed E-state index contributed by atoms with van der Waals surface area (Å²) in [6, 6.07) is 33.5. The number of halogens is 1. The molecule has 3 aromatic rings. The van der Waals surface area contributed by atoms with Gasteiger partial charge in [0.2, 0.25) is 0 Å². The summed E-state index contributed by atoms with van der Waals surface area (Å²) >= 11 is 0. The van der Waals surface area contributed by atoms with Gasteiger partial charge >= 0.3 is 177 Å². The van der Waals surface area contributed by atoms with Crippen molar-refractivity contribution in [1.82, 2.24) is 0 Å². The van der Waals surface area contributed by atoms with Gasteiger partial charge < -0.3 is 0 Å². The van der Waals surface area contributed by atoms with Crippen LogP contribution in [0, 0.1) is 0 Å². The van der Waals surface area contributed by atoms with Crippen molar-refractivity contribution in [3.8, 4) is 0 Å². The van der Waals surface area contributed by atoms with Crippen molar-refractivity contribution in [3.05, 3.63) is 114 Å². The second-order valence-electron chi connectivity index (χ2n) is 8.08. The maximum atomic E-state index is 2.51. The summed E-state index contributed by atoms with van der Waals surface area (Å²) in [5.74, 6) is 0. The van der Waals surface area contributed by atoms with Crippen molar-refractivity contribution in [1.29, 1.82) is 0 Å². The van der Waals surface area contributed by atoms with E-state index < -0.39 is 7.26 Å². The van der Waals surface area contributed by atoms with Gasteiger partial charge in [-0.25, -0.2) is 0 Å². The molecule has 0 fully saturated rings. The average Bonchev–Trinajstić information content (AvgIpc) is 2.76. The second-order valence-corrected chi connectivity index (χ2v) is 12.0. The maximum absolute atomic E-state index is 2.51. The Hall–Kier alpha value is -1.95. The third-order valence-electron chi connectivity index (χ3n) is 5.65. The Morgan fingerprint density at radius 3 is 1.40 bits per heavy atom. The van der Waals surface area contributed by atoms with Gasteiger partial charge in [-0.15, -0.1) is 17.0 Å². The van der Waals surface area contributed by atoms with Crippen LogP contribution in [-0.2, 0) is 0 Å². The summed E-state index contributed by atoms with van der Waals surface area (Å²) in [7, 11) is -2.14. The third kappa shape index (κ3) is 6.03. The first kappa shape index (κ1) is 24.3. The summed E-state index contributed by atoms with van der Waals surface area (Å²) in [6.45, 7) is 6.65. The molecule has 0 amide bonds. The Bertz CT molecular complexity index is 843. The van der Waals surface area contributed by atoms with Gasteiger partial charge in [-0.2, -0.15) is 0 Å². The first-order chi connectivity index (χ1) is 14.1. The molecule has 0 aliphatic rings. The van der Waals surface area contributed by atoms with E-state index in [9.17, 15) is 0 Å².